The molecule has 4 heteroatoms. The fraction of sp³-hybridized carbons (Fsp3) is 0.643. The van der Waals surface area contributed by atoms with Gasteiger partial charge < -0.3 is 15.8 Å². The predicted octanol–water partition coefficient (Wildman–Crippen LogP) is 3.05. The maximum absolute atomic E-state index is 5.80. The molecule has 1 saturated carbocycles. The second-order valence-corrected chi connectivity index (χ2v) is 5.13. The summed E-state index contributed by atoms with van der Waals surface area (Å²) in [5.41, 5.74) is 6.91. The lowest BCUT2D eigenvalue weighted by Crippen LogP contribution is -2.16. The largest absolute Gasteiger partial charge is 0.476 e. The molecule has 3 N–H and O–H groups in total. The lowest BCUT2D eigenvalue weighted by Gasteiger charge is -2.16. The molecule has 1 aliphatic carbocycles. The molecule has 1 aromatic heterocycles. The van der Waals surface area contributed by atoms with Gasteiger partial charge in [-0.1, -0.05) is 13.3 Å². The number of nitrogens with one attached hydrogen (secondary N) is 1. The molecule has 100 valence electrons. The molecular weight excluding hydrogens is 226 g/mol. The minimum Gasteiger partial charge on any atom is -0.476 e. The first-order chi connectivity index (χ1) is 8.69. The highest BCUT2D eigenvalue weighted by atomic mass is 16.5. The van der Waals surface area contributed by atoms with Crippen LogP contribution in [0.2, 0.25) is 0 Å². The molecule has 4 nitrogen and oxygen atoms in total. The number of hydrogen-bond donors (Lipinski definition) is 2. The standard InChI is InChI=1S/C14H23N3O/c1-3-7-14(8-9-14)10-16-12-6-5-11(15)13(17-12)18-4-2/h5-6H,3-4,7-10,15H2,1-2H3,(H,16,17). The summed E-state index contributed by atoms with van der Waals surface area (Å²) < 4.78 is 5.40. The SMILES string of the molecule is CCCC1(CNc2ccc(N)c(OCC)n2)CC1. The van der Waals surface area contributed by atoms with Crippen molar-refractivity contribution in [1.29, 1.82) is 0 Å². The van der Waals surface area contributed by atoms with Gasteiger partial charge in [0.2, 0.25) is 5.88 Å². The highest BCUT2D eigenvalue weighted by Crippen LogP contribution is 2.49. The molecule has 0 unspecified atom stereocenters. The van der Waals surface area contributed by atoms with Gasteiger partial charge in [-0.25, -0.2) is 0 Å². The quantitative estimate of drug-likeness (QED) is 0.779. The molecule has 0 aromatic carbocycles. The normalized spacial score (nSPS) is 16.3. The summed E-state index contributed by atoms with van der Waals surface area (Å²) in [7, 11) is 0. The van der Waals surface area contributed by atoms with Crippen molar-refractivity contribution in [2.45, 2.75) is 39.5 Å². The van der Waals surface area contributed by atoms with E-state index in [4.69, 9.17) is 10.5 Å². The first-order valence-corrected chi connectivity index (χ1v) is 6.82. The first kappa shape index (κ1) is 13.0. The van der Waals surface area contributed by atoms with E-state index >= 15 is 0 Å². The fourth-order valence-corrected chi connectivity index (χ4v) is 2.30. The Kier molecular flexibility index (Phi) is 3.94. The van der Waals surface area contributed by atoms with Gasteiger partial charge in [-0.2, -0.15) is 4.98 Å². The number of nitrogens with zero attached hydrogens (tertiary/aromatic N) is 1. The third-order valence-corrected chi connectivity index (χ3v) is 3.55. The van der Waals surface area contributed by atoms with Crippen LogP contribution >= 0.6 is 0 Å². The Labute approximate surface area is 109 Å². The van der Waals surface area contributed by atoms with Gasteiger partial charge in [-0.15, -0.1) is 0 Å². The minimum absolute atomic E-state index is 0.517. The van der Waals surface area contributed by atoms with Gasteiger partial charge in [0.05, 0.1) is 12.3 Å². The Hall–Kier alpha value is -1.45. The molecule has 18 heavy (non-hydrogen) atoms. The Bertz CT molecular complexity index is 402. The van der Waals surface area contributed by atoms with E-state index in [1.165, 1.54) is 25.7 Å². The topological polar surface area (TPSA) is 60.2 Å². The fourth-order valence-electron chi connectivity index (χ4n) is 2.30. The molecule has 0 aliphatic heterocycles. The van der Waals surface area contributed by atoms with Gasteiger partial charge in [0.25, 0.3) is 0 Å². The summed E-state index contributed by atoms with van der Waals surface area (Å²) in [5.74, 6) is 1.39. The van der Waals surface area contributed by atoms with Gasteiger partial charge in [-0.05, 0) is 43.7 Å². The number of ether oxygens (including phenoxy) is 1. The average molecular weight is 249 g/mol. The highest BCUT2D eigenvalue weighted by Gasteiger charge is 2.41. The molecule has 0 saturated heterocycles. The van der Waals surface area contributed by atoms with E-state index in [0.29, 0.717) is 23.6 Å². The van der Waals surface area contributed by atoms with Crippen molar-refractivity contribution in [3.05, 3.63) is 12.1 Å². The smallest absolute Gasteiger partial charge is 0.239 e. The van der Waals surface area contributed by atoms with Crippen molar-refractivity contribution in [2.75, 3.05) is 24.2 Å². The molecule has 0 amide bonds. The number of anilines is 2. The van der Waals surface area contributed by atoms with Gasteiger partial charge in [0.15, 0.2) is 0 Å². The molecule has 1 heterocycles. The maximum atomic E-state index is 5.80. The van der Waals surface area contributed by atoms with Crippen molar-refractivity contribution >= 4 is 11.5 Å². The van der Waals surface area contributed by atoms with Gasteiger partial charge in [0, 0.05) is 6.54 Å². The average Bonchev–Trinajstić information content (AvgIpc) is 3.11. The summed E-state index contributed by atoms with van der Waals surface area (Å²) in [4.78, 5) is 4.39. The third kappa shape index (κ3) is 3.06. The van der Waals surface area contributed by atoms with E-state index in [1.807, 2.05) is 19.1 Å². The molecular formula is C14H23N3O. The van der Waals surface area contributed by atoms with Gasteiger partial charge in [0.1, 0.15) is 5.82 Å². The van der Waals surface area contributed by atoms with Crippen molar-refractivity contribution in [3.8, 4) is 5.88 Å². The lowest BCUT2D eigenvalue weighted by atomic mass is 10.0. The molecule has 2 rings (SSSR count). The van der Waals surface area contributed by atoms with Gasteiger partial charge >= 0.3 is 0 Å². The zero-order valence-electron chi connectivity index (χ0n) is 11.3. The first-order valence-electron chi connectivity index (χ1n) is 6.82. The summed E-state index contributed by atoms with van der Waals surface area (Å²) in [5, 5.41) is 3.41. The van der Waals surface area contributed by atoms with E-state index in [1.54, 1.807) is 0 Å². The molecule has 0 atom stereocenters. The van der Waals surface area contributed by atoms with E-state index in [9.17, 15) is 0 Å². The predicted molar refractivity (Wildman–Crippen MR) is 74.9 cm³/mol. The van der Waals surface area contributed by atoms with Crippen LogP contribution in [0.4, 0.5) is 11.5 Å². The van der Waals surface area contributed by atoms with Crippen LogP contribution in [0, 0.1) is 5.41 Å². The molecule has 1 fully saturated rings. The Morgan fingerprint density at radius 3 is 2.78 bits per heavy atom. The van der Waals surface area contributed by atoms with Crippen LogP contribution in [0.1, 0.15) is 39.5 Å². The van der Waals surface area contributed by atoms with Crippen LogP contribution in [-0.4, -0.2) is 18.1 Å². The zero-order valence-corrected chi connectivity index (χ0v) is 11.3. The van der Waals surface area contributed by atoms with Crippen molar-refractivity contribution < 1.29 is 4.74 Å². The molecule has 0 spiro atoms. The number of rotatable bonds is 7. The summed E-state index contributed by atoms with van der Waals surface area (Å²) in [6, 6.07) is 3.76. The van der Waals surface area contributed by atoms with Crippen LogP contribution in [0.15, 0.2) is 12.1 Å². The van der Waals surface area contributed by atoms with E-state index < -0.39 is 0 Å². The molecule has 0 bridgehead atoms. The minimum atomic E-state index is 0.517. The van der Waals surface area contributed by atoms with Crippen molar-refractivity contribution in [2.24, 2.45) is 5.41 Å². The Morgan fingerprint density at radius 1 is 1.39 bits per heavy atom. The Balaban J connectivity index is 1.95. The summed E-state index contributed by atoms with van der Waals surface area (Å²) >= 11 is 0. The number of aromatic nitrogens is 1. The van der Waals surface area contributed by atoms with E-state index in [-0.39, 0.29) is 0 Å². The second kappa shape index (κ2) is 5.46. The number of hydrogen-bond acceptors (Lipinski definition) is 4. The maximum Gasteiger partial charge on any atom is 0.239 e. The number of nitrogens with two attached hydrogens (primary N) is 1. The van der Waals surface area contributed by atoms with Gasteiger partial charge in [-0.3, -0.25) is 0 Å². The Morgan fingerprint density at radius 2 is 2.17 bits per heavy atom. The molecule has 1 aliphatic rings. The number of nitrogen functional groups attached to an aromatic ring is 1. The molecule has 1 aromatic rings. The van der Waals surface area contributed by atoms with Crippen molar-refractivity contribution in [3.63, 3.8) is 0 Å². The highest BCUT2D eigenvalue weighted by molar-refractivity contribution is 5.53. The van der Waals surface area contributed by atoms with Crippen LogP contribution in [0.25, 0.3) is 0 Å². The van der Waals surface area contributed by atoms with Crippen LogP contribution in [0.3, 0.4) is 0 Å². The lowest BCUT2D eigenvalue weighted by molar-refractivity contribution is 0.329. The third-order valence-electron chi connectivity index (χ3n) is 3.55. The summed E-state index contributed by atoms with van der Waals surface area (Å²) in [6.07, 6.45) is 5.22. The van der Waals surface area contributed by atoms with E-state index in [2.05, 4.69) is 17.2 Å². The van der Waals surface area contributed by atoms with Crippen LogP contribution in [0.5, 0.6) is 5.88 Å². The summed E-state index contributed by atoms with van der Waals surface area (Å²) in [6.45, 7) is 5.76. The monoisotopic (exact) mass is 249 g/mol. The van der Waals surface area contributed by atoms with Crippen LogP contribution < -0.4 is 15.8 Å². The zero-order chi connectivity index (χ0) is 13.0. The number of pyridine rings is 1. The van der Waals surface area contributed by atoms with Crippen molar-refractivity contribution in [1.82, 2.24) is 4.98 Å². The molecule has 0 radical (unpaired) electrons. The second-order valence-electron chi connectivity index (χ2n) is 5.13. The van der Waals surface area contributed by atoms with Crippen LogP contribution in [-0.2, 0) is 0 Å². The van der Waals surface area contributed by atoms with E-state index in [0.717, 1.165) is 12.4 Å².